The highest BCUT2D eigenvalue weighted by Gasteiger charge is 2.23. The predicted octanol–water partition coefficient (Wildman–Crippen LogP) is 3.21. The summed E-state index contributed by atoms with van der Waals surface area (Å²) in [5.41, 5.74) is 3.50. The van der Waals surface area contributed by atoms with E-state index >= 15 is 0 Å². The monoisotopic (exact) mass is 321 g/mol. The van der Waals surface area contributed by atoms with Gasteiger partial charge in [0.05, 0.1) is 22.6 Å². The Hall–Kier alpha value is -2.66. The van der Waals surface area contributed by atoms with Crippen molar-refractivity contribution in [3.8, 4) is 0 Å². The van der Waals surface area contributed by atoms with Crippen molar-refractivity contribution < 1.29 is 9.90 Å². The van der Waals surface area contributed by atoms with Crippen LogP contribution in [0.2, 0.25) is 0 Å². The maximum atomic E-state index is 11.0. The van der Waals surface area contributed by atoms with Crippen LogP contribution in [0.25, 0.3) is 11.0 Å². The number of carboxylic acid groups (broad SMARTS) is 1. The summed E-state index contributed by atoms with van der Waals surface area (Å²) in [5.74, 6) is 0.168. The summed E-state index contributed by atoms with van der Waals surface area (Å²) in [7, 11) is 0. The average Bonchev–Trinajstić information content (AvgIpc) is 3.23. The predicted molar refractivity (Wildman–Crippen MR) is 92.2 cm³/mol. The van der Waals surface area contributed by atoms with Gasteiger partial charge >= 0.3 is 5.97 Å². The fraction of sp³-hybridized carbons (Fsp3) is 0.263. The van der Waals surface area contributed by atoms with E-state index in [2.05, 4.69) is 16.0 Å². The largest absolute Gasteiger partial charge is 0.478 e. The molecule has 2 N–H and O–H groups in total. The van der Waals surface area contributed by atoms with Gasteiger partial charge in [0, 0.05) is 6.54 Å². The number of para-hydroxylation sites is 2. The van der Waals surface area contributed by atoms with Crippen LogP contribution in [0.5, 0.6) is 0 Å². The van der Waals surface area contributed by atoms with Gasteiger partial charge in [-0.25, -0.2) is 9.78 Å². The molecule has 1 aliphatic rings. The van der Waals surface area contributed by atoms with Crippen molar-refractivity contribution >= 4 is 17.0 Å². The lowest BCUT2D eigenvalue weighted by Crippen LogP contribution is -2.18. The molecule has 1 fully saturated rings. The lowest BCUT2D eigenvalue weighted by molar-refractivity contribution is 0.0697. The number of nitrogens with zero attached hydrogens (tertiary/aromatic N) is 2. The molecule has 1 atom stereocenters. The highest BCUT2D eigenvalue weighted by molar-refractivity contribution is 5.87. The number of hydrogen-bond acceptors (Lipinski definition) is 3. The molecular weight excluding hydrogens is 302 g/mol. The molecule has 0 aliphatic carbocycles. The first kappa shape index (κ1) is 14.9. The van der Waals surface area contributed by atoms with E-state index in [9.17, 15) is 4.79 Å². The highest BCUT2D eigenvalue weighted by atomic mass is 16.4. The van der Waals surface area contributed by atoms with Gasteiger partial charge in [0.1, 0.15) is 5.82 Å². The molecule has 0 bridgehead atoms. The minimum atomic E-state index is -0.898. The van der Waals surface area contributed by atoms with Gasteiger partial charge in [0.15, 0.2) is 0 Å². The zero-order chi connectivity index (χ0) is 16.5. The molecule has 122 valence electrons. The number of carbonyl (C=O) groups is 1. The fourth-order valence-electron chi connectivity index (χ4n) is 3.37. The highest BCUT2D eigenvalue weighted by Crippen LogP contribution is 2.27. The molecule has 1 aromatic heterocycles. The Kier molecular flexibility index (Phi) is 3.78. The smallest absolute Gasteiger partial charge is 0.335 e. The Morgan fingerprint density at radius 1 is 1.21 bits per heavy atom. The van der Waals surface area contributed by atoms with E-state index in [1.54, 1.807) is 12.1 Å². The number of rotatable bonds is 4. The zero-order valence-electron chi connectivity index (χ0n) is 13.3. The Morgan fingerprint density at radius 3 is 2.71 bits per heavy atom. The van der Waals surface area contributed by atoms with Crippen molar-refractivity contribution in [1.29, 1.82) is 0 Å². The van der Waals surface area contributed by atoms with E-state index < -0.39 is 5.97 Å². The molecule has 5 nitrogen and oxygen atoms in total. The molecule has 5 heteroatoms. The Balaban J connectivity index is 1.74. The van der Waals surface area contributed by atoms with Crippen LogP contribution in [-0.2, 0) is 6.54 Å². The number of benzene rings is 2. The standard InChI is InChI=1S/C19H19N3O2/c23-19(24)14-9-7-13(8-10-14)12-22-17-6-2-1-4-15(17)21-18(22)16-5-3-11-20-16/h1-2,4,6-10,16,20H,3,5,11-12H2,(H,23,24). The molecule has 2 heterocycles. The summed E-state index contributed by atoms with van der Waals surface area (Å²) in [6, 6.07) is 15.5. The molecule has 1 aliphatic heterocycles. The molecule has 4 rings (SSSR count). The van der Waals surface area contributed by atoms with Crippen LogP contribution in [-0.4, -0.2) is 27.2 Å². The third kappa shape index (κ3) is 2.67. The van der Waals surface area contributed by atoms with E-state index in [1.807, 2.05) is 30.3 Å². The van der Waals surface area contributed by atoms with Crippen molar-refractivity contribution in [2.75, 3.05) is 6.54 Å². The minimum Gasteiger partial charge on any atom is -0.478 e. The molecule has 1 saturated heterocycles. The summed E-state index contributed by atoms with van der Waals surface area (Å²) >= 11 is 0. The van der Waals surface area contributed by atoms with E-state index in [1.165, 1.54) is 6.42 Å². The van der Waals surface area contributed by atoms with E-state index in [0.29, 0.717) is 12.1 Å². The maximum Gasteiger partial charge on any atom is 0.335 e. The van der Waals surface area contributed by atoms with Gasteiger partial charge in [-0.2, -0.15) is 0 Å². The molecule has 2 aromatic carbocycles. The van der Waals surface area contributed by atoms with Gasteiger partial charge in [-0.15, -0.1) is 0 Å². The summed E-state index contributed by atoms with van der Waals surface area (Å²) in [5, 5.41) is 12.6. The van der Waals surface area contributed by atoms with Crippen molar-refractivity contribution in [1.82, 2.24) is 14.9 Å². The Bertz CT molecular complexity index is 877. The summed E-state index contributed by atoms with van der Waals surface area (Å²) in [6.07, 6.45) is 2.27. The zero-order valence-corrected chi connectivity index (χ0v) is 13.3. The Labute approximate surface area is 139 Å². The van der Waals surface area contributed by atoms with Crippen molar-refractivity contribution in [3.05, 3.63) is 65.5 Å². The molecule has 24 heavy (non-hydrogen) atoms. The summed E-state index contributed by atoms with van der Waals surface area (Å²) < 4.78 is 2.24. The number of aromatic carboxylic acids is 1. The van der Waals surface area contributed by atoms with E-state index in [-0.39, 0.29) is 6.04 Å². The van der Waals surface area contributed by atoms with Crippen molar-refractivity contribution in [2.24, 2.45) is 0 Å². The first-order valence-electron chi connectivity index (χ1n) is 8.23. The van der Waals surface area contributed by atoms with Gasteiger partial charge in [0.2, 0.25) is 0 Å². The van der Waals surface area contributed by atoms with Crippen LogP contribution in [0.4, 0.5) is 0 Å². The first-order valence-corrected chi connectivity index (χ1v) is 8.23. The van der Waals surface area contributed by atoms with Crippen LogP contribution in [0.15, 0.2) is 48.5 Å². The molecular formula is C19H19N3O2. The third-order valence-corrected chi connectivity index (χ3v) is 4.60. The second-order valence-corrected chi connectivity index (χ2v) is 6.20. The number of imidazole rings is 1. The van der Waals surface area contributed by atoms with Crippen LogP contribution in [0, 0.1) is 0 Å². The number of fused-ring (bicyclic) bond motifs is 1. The van der Waals surface area contributed by atoms with E-state index in [4.69, 9.17) is 10.1 Å². The van der Waals surface area contributed by atoms with Gasteiger partial charge in [-0.05, 0) is 49.2 Å². The second-order valence-electron chi connectivity index (χ2n) is 6.20. The van der Waals surface area contributed by atoms with Crippen LogP contribution >= 0.6 is 0 Å². The Morgan fingerprint density at radius 2 is 2.00 bits per heavy atom. The van der Waals surface area contributed by atoms with Crippen LogP contribution in [0.1, 0.15) is 40.6 Å². The number of carboxylic acids is 1. The molecule has 0 radical (unpaired) electrons. The second kappa shape index (κ2) is 6.09. The topological polar surface area (TPSA) is 67.2 Å². The molecule has 3 aromatic rings. The SMILES string of the molecule is O=C(O)c1ccc(Cn2c(C3CCCN3)nc3ccccc32)cc1. The molecule has 0 spiro atoms. The summed E-state index contributed by atoms with van der Waals surface area (Å²) in [6.45, 7) is 1.72. The molecule has 1 unspecified atom stereocenters. The number of hydrogen-bond donors (Lipinski definition) is 2. The first-order chi connectivity index (χ1) is 11.7. The van der Waals surface area contributed by atoms with Gasteiger partial charge in [0.25, 0.3) is 0 Å². The quantitative estimate of drug-likeness (QED) is 0.774. The van der Waals surface area contributed by atoms with E-state index in [0.717, 1.165) is 35.4 Å². The summed E-state index contributed by atoms with van der Waals surface area (Å²) in [4.78, 5) is 15.9. The lowest BCUT2D eigenvalue weighted by atomic mass is 10.1. The van der Waals surface area contributed by atoms with Crippen LogP contribution < -0.4 is 5.32 Å². The van der Waals surface area contributed by atoms with Crippen molar-refractivity contribution in [2.45, 2.75) is 25.4 Å². The minimum absolute atomic E-state index is 0.288. The van der Waals surface area contributed by atoms with Crippen LogP contribution in [0.3, 0.4) is 0 Å². The lowest BCUT2D eigenvalue weighted by Gasteiger charge is -2.14. The third-order valence-electron chi connectivity index (χ3n) is 4.60. The number of aromatic nitrogens is 2. The molecule has 0 amide bonds. The van der Waals surface area contributed by atoms with Crippen molar-refractivity contribution in [3.63, 3.8) is 0 Å². The van der Waals surface area contributed by atoms with Gasteiger partial charge in [-0.3, -0.25) is 0 Å². The normalized spacial score (nSPS) is 17.4. The maximum absolute atomic E-state index is 11.0. The molecule has 0 saturated carbocycles. The number of nitrogens with one attached hydrogen (secondary N) is 1. The average molecular weight is 321 g/mol. The van der Waals surface area contributed by atoms with Gasteiger partial charge < -0.3 is 15.0 Å². The fourth-order valence-corrected chi connectivity index (χ4v) is 3.37. The van der Waals surface area contributed by atoms with Gasteiger partial charge in [-0.1, -0.05) is 24.3 Å².